The molecule has 2 atom stereocenters. The first-order valence-corrected chi connectivity index (χ1v) is 15.6. The Labute approximate surface area is 275 Å². The maximum absolute atomic E-state index is 12.7. The highest BCUT2D eigenvalue weighted by Crippen LogP contribution is 2.35. The second-order valence-corrected chi connectivity index (χ2v) is 11.5. The van der Waals surface area contributed by atoms with E-state index in [9.17, 15) is 9.59 Å². The summed E-state index contributed by atoms with van der Waals surface area (Å²) in [4.78, 5) is 25.2. The standard InChI is InChI=1S/C19H22N2O3.C18H20N2O3/c1-23-13-9-10-14-12(11-13)5-3-7-16(14)21-19(22)15-6-4-8-17(24-2)18(15)20;1-22-12-7-8-13-11(10-12)6-9-15(13)20-18(21)14-4-3-5-16(23-2)17(14)19/h4,6,8-11,16H,3,5,7,20H2,1-2H3,(H,21,22);3-5,7-8,10,15H,6,9,19H2,1-2H3,(H,20,21). The lowest BCUT2D eigenvalue weighted by Gasteiger charge is -2.27. The van der Waals surface area contributed by atoms with E-state index >= 15 is 0 Å². The molecule has 0 heterocycles. The topological polar surface area (TPSA) is 147 Å². The van der Waals surface area contributed by atoms with Gasteiger partial charge in [-0.25, -0.2) is 0 Å². The molecule has 47 heavy (non-hydrogen) atoms. The zero-order valence-electron chi connectivity index (χ0n) is 27.2. The molecule has 0 radical (unpaired) electrons. The average molecular weight is 639 g/mol. The highest BCUT2D eigenvalue weighted by molar-refractivity contribution is 6.01. The summed E-state index contributed by atoms with van der Waals surface area (Å²) in [7, 11) is 6.39. The summed E-state index contributed by atoms with van der Waals surface area (Å²) in [6, 6.07) is 22.4. The van der Waals surface area contributed by atoms with Crippen LogP contribution in [0.25, 0.3) is 0 Å². The van der Waals surface area contributed by atoms with Crippen molar-refractivity contribution in [2.45, 2.75) is 44.2 Å². The quantitative estimate of drug-likeness (QED) is 0.177. The molecule has 0 saturated heterocycles. The molecule has 2 aliphatic rings. The number of nitrogen functional groups attached to an aromatic ring is 2. The zero-order valence-corrected chi connectivity index (χ0v) is 27.2. The Morgan fingerprint density at radius 3 is 1.55 bits per heavy atom. The molecule has 2 aliphatic carbocycles. The van der Waals surface area contributed by atoms with E-state index in [2.05, 4.69) is 10.6 Å². The van der Waals surface area contributed by atoms with Gasteiger partial charge in [0.1, 0.15) is 23.0 Å². The summed E-state index contributed by atoms with van der Waals surface area (Å²) < 4.78 is 20.9. The van der Waals surface area contributed by atoms with Gasteiger partial charge < -0.3 is 41.0 Å². The van der Waals surface area contributed by atoms with Gasteiger partial charge >= 0.3 is 0 Å². The number of para-hydroxylation sites is 2. The molecule has 6 N–H and O–H groups in total. The normalized spacial score (nSPS) is 16.0. The van der Waals surface area contributed by atoms with Crippen LogP contribution in [-0.4, -0.2) is 40.3 Å². The SMILES string of the molecule is COc1ccc2c(c1)CCC2NC(=O)c1cccc(OC)c1N.COc1ccc2c(c1)CCCC2NC(=O)c1cccc(OC)c1N. The number of carbonyl (C=O) groups excluding carboxylic acids is 2. The summed E-state index contributed by atoms with van der Waals surface area (Å²) in [5, 5.41) is 6.17. The number of nitrogens with one attached hydrogen (secondary N) is 2. The van der Waals surface area contributed by atoms with Crippen LogP contribution < -0.4 is 41.0 Å². The summed E-state index contributed by atoms with van der Waals surface area (Å²) in [5.41, 5.74) is 18.4. The van der Waals surface area contributed by atoms with Gasteiger partial charge in [0.2, 0.25) is 0 Å². The molecule has 2 unspecified atom stereocenters. The third-order valence-corrected chi connectivity index (χ3v) is 8.76. The van der Waals surface area contributed by atoms with Crippen molar-refractivity contribution in [3.63, 3.8) is 0 Å². The largest absolute Gasteiger partial charge is 0.497 e. The Balaban J connectivity index is 0.000000185. The number of rotatable bonds is 8. The van der Waals surface area contributed by atoms with Crippen LogP contribution in [0.3, 0.4) is 0 Å². The van der Waals surface area contributed by atoms with E-state index in [1.165, 1.54) is 25.3 Å². The van der Waals surface area contributed by atoms with Crippen molar-refractivity contribution in [2.24, 2.45) is 0 Å². The van der Waals surface area contributed by atoms with Crippen molar-refractivity contribution in [2.75, 3.05) is 39.9 Å². The molecule has 10 nitrogen and oxygen atoms in total. The van der Waals surface area contributed by atoms with Gasteiger partial charge in [0, 0.05) is 0 Å². The van der Waals surface area contributed by atoms with Crippen molar-refractivity contribution >= 4 is 23.2 Å². The molecular formula is C37H42N4O6. The van der Waals surface area contributed by atoms with Crippen LogP contribution in [0.15, 0.2) is 72.8 Å². The van der Waals surface area contributed by atoms with Crippen LogP contribution in [0.1, 0.15) is 74.3 Å². The number of amides is 2. The predicted octanol–water partition coefficient (Wildman–Crippen LogP) is 5.80. The summed E-state index contributed by atoms with van der Waals surface area (Å²) in [6.07, 6.45) is 4.73. The fourth-order valence-electron chi connectivity index (χ4n) is 6.25. The first-order chi connectivity index (χ1) is 22.8. The third-order valence-electron chi connectivity index (χ3n) is 8.76. The first-order valence-electron chi connectivity index (χ1n) is 15.6. The maximum atomic E-state index is 12.7. The van der Waals surface area contributed by atoms with E-state index in [-0.39, 0.29) is 23.9 Å². The van der Waals surface area contributed by atoms with Gasteiger partial charge in [0.05, 0.1) is 63.0 Å². The molecule has 10 heteroatoms. The van der Waals surface area contributed by atoms with Gasteiger partial charge in [-0.05, 0) is 103 Å². The van der Waals surface area contributed by atoms with Crippen LogP contribution in [-0.2, 0) is 12.8 Å². The Bertz CT molecular complexity index is 1760. The predicted molar refractivity (Wildman–Crippen MR) is 182 cm³/mol. The van der Waals surface area contributed by atoms with E-state index < -0.39 is 0 Å². The highest BCUT2D eigenvalue weighted by Gasteiger charge is 2.26. The van der Waals surface area contributed by atoms with E-state index in [1.54, 1.807) is 50.6 Å². The Morgan fingerprint density at radius 2 is 1.09 bits per heavy atom. The number of fused-ring (bicyclic) bond motifs is 2. The van der Waals surface area contributed by atoms with E-state index in [1.807, 2.05) is 36.4 Å². The minimum Gasteiger partial charge on any atom is -0.497 e. The molecule has 246 valence electrons. The van der Waals surface area contributed by atoms with E-state index in [0.717, 1.165) is 54.7 Å². The van der Waals surface area contributed by atoms with Crippen LogP contribution in [0.2, 0.25) is 0 Å². The lowest BCUT2D eigenvalue weighted by atomic mass is 9.87. The van der Waals surface area contributed by atoms with E-state index in [4.69, 9.17) is 30.4 Å². The number of methoxy groups -OCH3 is 4. The van der Waals surface area contributed by atoms with Crippen LogP contribution in [0, 0.1) is 0 Å². The smallest absolute Gasteiger partial charge is 0.253 e. The summed E-state index contributed by atoms with van der Waals surface area (Å²) in [5.74, 6) is 2.34. The molecular weight excluding hydrogens is 596 g/mol. The van der Waals surface area contributed by atoms with Crippen molar-refractivity contribution < 1.29 is 28.5 Å². The van der Waals surface area contributed by atoms with Crippen molar-refractivity contribution in [1.29, 1.82) is 0 Å². The summed E-state index contributed by atoms with van der Waals surface area (Å²) in [6.45, 7) is 0. The molecule has 4 aromatic rings. The van der Waals surface area contributed by atoms with Crippen molar-refractivity contribution in [1.82, 2.24) is 10.6 Å². The number of carbonyl (C=O) groups is 2. The van der Waals surface area contributed by atoms with Crippen molar-refractivity contribution in [3.05, 3.63) is 106 Å². The fourth-order valence-corrected chi connectivity index (χ4v) is 6.25. The highest BCUT2D eigenvalue weighted by atomic mass is 16.5. The molecule has 0 aromatic heterocycles. The number of hydrogen-bond donors (Lipinski definition) is 4. The average Bonchev–Trinajstić information content (AvgIpc) is 3.49. The number of benzene rings is 4. The Kier molecular flexibility index (Phi) is 10.4. The van der Waals surface area contributed by atoms with Crippen molar-refractivity contribution in [3.8, 4) is 23.0 Å². The number of nitrogens with two attached hydrogens (primary N) is 2. The fraction of sp³-hybridized carbons (Fsp3) is 0.297. The molecule has 4 aromatic carbocycles. The van der Waals surface area contributed by atoms with Gasteiger partial charge in [-0.2, -0.15) is 0 Å². The number of ether oxygens (including phenoxy) is 4. The molecule has 0 spiro atoms. The van der Waals surface area contributed by atoms with E-state index in [0.29, 0.717) is 34.0 Å². The lowest BCUT2D eigenvalue weighted by Crippen LogP contribution is -2.31. The molecule has 0 fully saturated rings. The number of aryl methyl sites for hydroxylation is 2. The summed E-state index contributed by atoms with van der Waals surface area (Å²) >= 11 is 0. The second kappa shape index (κ2) is 14.8. The molecule has 0 bridgehead atoms. The minimum atomic E-state index is -0.185. The van der Waals surface area contributed by atoms with Gasteiger partial charge in [0.25, 0.3) is 11.8 Å². The number of hydrogen-bond acceptors (Lipinski definition) is 8. The van der Waals surface area contributed by atoms with Gasteiger partial charge in [-0.15, -0.1) is 0 Å². The van der Waals surface area contributed by atoms with Crippen LogP contribution >= 0.6 is 0 Å². The van der Waals surface area contributed by atoms with Gasteiger partial charge in [0.15, 0.2) is 0 Å². The van der Waals surface area contributed by atoms with Gasteiger partial charge in [-0.1, -0.05) is 24.3 Å². The monoisotopic (exact) mass is 638 g/mol. The number of anilines is 2. The van der Waals surface area contributed by atoms with Crippen LogP contribution in [0.5, 0.6) is 23.0 Å². The van der Waals surface area contributed by atoms with Gasteiger partial charge in [-0.3, -0.25) is 9.59 Å². The molecule has 2 amide bonds. The Hall–Kier alpha value is -5.38. The zero-order chi connectivity index (χ0) is 33.5. The molecule has 6 rings (SSSR count). The first kappa shape index (κ1) is 33.0. The molecule has 0 saturated carbocycles. The third kappa shape index (κ3) is 7.22. The lowest BCUT2D eigenvalue weighted by molar-refractivity contribution is 0.0926. The molecule has 0 aliphatic heterocycles. The van der Waals surface area contributed by atoms with Crippen LogP contribution in [0.4, 0.5) is 11.4 Å². The Morgan fingerprint density at radius 1 is 0.617 bits per heavy atom. The second-order valence-electron chi connectivity index (χ2n) is 11.5. The minimum absolute atomic E-state index is 0.00555. The maximum Gasteiger partial charge on any atom is 0.253 e.